The zero-order valence-electron chi connectivity index (χ0n) is 7.05. The van der Waals surface area contributed by atoms with Crippen LogP contribution in [0, 0.1) is 0 Å². The lowest BCUT2D eigenvalue weighted by atomic mass is 10.1. The first-order valence-corrected chi connectivity index (χ1v) is 4.27. The molecule has 0 fully saturated rings. The van der Waals surface area contributed by atoms with Crippen molar-refractivity contribution in [3.8, 4) is 0 Å². The molecule has 1 N–H and O–H groups in total. The Hall–Kier alpha value is -0.740. The quantitative estimate of drug-likeness (QED) is 0.819. The minimum Gasteiger partial charge on any atom is -0.383 e. The smallest absolute Gasteiger partial charge is 0.383 e. The lowest BCUT2D eigenvalue weighted by molar-refractivity contribution is -0.203. The molecule has 0 aliphatic rings. The van der Waals surface area contributed by atoms with Gasteiger partial charge in [0.2, 0.25) is 0 Å². The maximum absolute atomic E-state index is 12.0. The largest absolute Gasteiger partial charge is 0.414 e. The Morgan fingerprint density at radius 2 is 1.86 bits per heavy atom. The van der Waals surface area contributed by atoms with Gasteiger partial charge in [0.15, 0.2) is 6.10 Å². The molecular formula is C9H8ClF3O. The highest BCUT2D eigenvalue weighted by atomic mass is 35.5. The van der Waals surface area contributed by atoms with E-state index in [1.165, 1.54) is 12.1 Å². The molecule has 0 amide bonds. The van der Waals surface area contributed by atoms with Crippen LogP contribution in [0.5, 0.6) is 0 Å². The second kappa shape index (κ2) is 4.19. The minimum absolute atomic E-state index is 0.232. The van der Waals surface area contributed by atoms with Crippen molar-refractivity contribution in [3.63, 3.8) is 0 Å². The number of halogens is 4. The summed E-state index contributed by atoms with van der Waals surface area (Å²) < 4.78 is 35.9. The molecule has 1 unspecified atom stereocenters. The van der Waals surface area contributed by atoms with Gasteiger partial charge in [0.1, 0.15) is 0 Å². The lowest BCUT2D eigenvalue weighted by Crippen LogP contribution is -2.30. The molecule has 1 aromatic carbocycles. The highest BCUT2D eigenvalue weighted by molar-refractivity contribution is 6.31. The van der Waals surface area contributed by atoms with Crippen LogP contribution >= 0.6 is 11.6 Å². The molecule has 1 nitrogen and oxygen atoms in total. The van der Waals surface area contributed by atoms with Crippen molar-refractivity contribution in [1.29, 1.82) is 0 Å². The van der Waals surface area contributed by atoms with Crippen molar-refractivity contribution in [2.24, 2.45) is 0 Å². The molecule has 14 heavy (non-hydrogen) atoms. The van der Waals surface area contributed by atoms with Crippen LogP contribution in [0.25, 0.3) is 0 Å². The van der Waals surface area contributed by atoms with Crippen molar-refractivity contribution in [2.45, 2.75) is 18.7 Å². The standard InChI is InChI=1S/C9H8ClF3O/c10-7-4-2-1-3-6(7)5-8(14)9(11,12)13/h1-4,8,14H,5H2. The molecule has 0 radical (unpaired) electrons. The van der Waals surface area contributed by atoms with Crippen LogP contribution in [0.15, 0.2) is 24.3 Å². The normalized spacial score (nSPS) is 14.1. The van der Waals surface area contributed by atoms with E-state index in [0.29, 0.717) is 5.56 Å². The number of alkyl halides is 3. The van der Waals surface area contributed by atoms with Gasteiger partial charge in [0.25, 0.3) is 0 Å². The summed E-state index contributed by atoms with van der Waals surface area (Å²) in [4.78, 5) is 0. The van der Waals surface area contributed by atoms with Crippen LogP contribution in [-0.4, -0.2) is 17.4 Å². The van der Waals surface area contributed by atoms with Gasteiger partial charge in [-0.25, -0.2) is 0 Å². The first-order valence-electron chi connectivity index (χ1n) is 3.89. The summed E-state index contributed by atoms with van der Waals surface area (Å²) in [5, 5.41) is 9.01. The van der Waals surface area contributed by atoms with E-state index in [-0.39, 0.29) is 5.02 Å². The number of hydrogen-bond acceptors (Lipinski definition) is 1. The maximum atomic E-state index is 12.0. The SMILES string of the molecule is OC(Cc1ccccc1Cl)C(F)(F)F. The average Bonchev–Trinajstić information content (AvgIpc) is 2.07. The third-order valence-electron chi connectivity index (χ3n) is 1.75. The Bertz CT molecular complexity index is 311. The maximum Gasteiger partial charge on any atom is 0.414 e. The molecule has 5 heteroatoms. The third-order valence-corrected chi connectivity index (χ3v) is 2.12. The molecule has 0 heterocycles. The van der Waals surface area contributed by atoms with Crippen molar-refractivity contribution in [2.75, 3.05) is 0 Å². The second-order valence-electron chi connectivity index (χ2n) is 2.85. The van der Waals surface area contributed by atoms with E-state index in [4.69, 9.17) is 16.7 Å². The first kappa shape index (κ1) is 11.3. The summed E-state index contributed by atoms with van der Waals surface area (Å²) >= 11 is 5.64. The van der Waals surface area contributed by atoms with Gasteiger partial charge in [-0.05, 0) is 11.6 Å². The van der Waals surface area contributed by atoms with Crippen molar-refractivity contribution < 1.29 is 18.3 Å². The summed E-state index contributed by atoms with van der Waals surface area (Å²) in [6.07, 6.45) is -7.47. The number of aliphatic hydroxyl groups excluding tert-OH is 1. The molecule has 78 valence electrons. The molecule has 0 aliphatic heterocycles. The van der Waals surface area contributed by atoms with Crippen molar-refractivity contribution in [1.82, 2.24) is 0 Å². The summed E-state index contributed by atoms with van der Waals surface area (Å²) in [5.74, 6) is 0. The fourth-order valence-electron chi connectivity index (χ4n) is 0.988. The van der Waals surface area contributed by atoms with E-state index in [9.17, 15) is 13.2 Å². The summed E-state index contributed by atoms with van der Waals surface area (Å²) in [6.45, 7) is 0. The third kappa shape index (κ3) is 2.89. The van der Waals surface area contributed by atoms with E-state index in [1.54, 1.807) is 12.1 Å². The molecule has 0 aliphatic carbocycles. The topological polar surface area (TPSA) is 20.2 Å². The summed E-state index contributed by atoms with van der Waals surface area (Å²) in [5.41, 5.74) is 0.291. The monoisotopic (exact) mass is 224 g/mol. The predicted octanol–water partition coefficient (Wildman–Crippen LogP) is 2.81. The zero-order valence-corrected chi connectivity index (χ0v) is 7.81. The molecule has 0 bridgehead atoms. The molecule has 0 spiro atoms. The molecule has 1 rings (SSSR count). The van der Waals surface area contributed by atoms with Gasteiger partial charge in [-0.3, -0.25) is 0 Å². The van der Waals surface area contributed by atoms with Crippen LogP contribution < -0.4 is 0 Å². The van der Waals surface area contributed by atoms with Gasteiger partial charge in [-0.15, -0.1) is 0 Å². The second-order valence-corrected chi connectivity index (χ2v) is 3.26. The van der Waals surface area contributed by atoms with Gasteiger partial charge in [-0.2, -0.15) is 13.2 Å². The van der Waals surface area contributed by atoms with E-state index in [2.05, 4.69) is 0 Å². The molecule has 1 atom stereocenters. The first-order chi connectivity index (χ1) is 6.41. The van der Waals surface area contributed by atoms with Crippen LogP contribution in [-0.2, 0) is 6.42 Å². The van der Waals surface area contributed by atoms with E-state index >= 15 is 0 Å². The predicted molar refractivity (Wildman–Crippen MR) is 47.2 cm³/mol. The minimum atomic E-state index is -4.60. The van der Waals surface area contributed by atoms with Crippen LogP contribution in [0.4, 0.5) is 13.2 Å². The Kier molecular flexibility index (Phi) is 3.39. The Balaban J connectivity index is 2.75. The van der Waals surface area contributed by atoms with E-state index < -0.39 is 18.7 Å². The van der Waals surface area contributed by atoms with Crippen LogP contribution in [0.2, 0.25) is 5.02 Å². The lowest BCUT2D eigenvalue weighted by Gasteiger charge is -2.14. The van der Waals surface area contributed by atoms with Crippen molar-refractivity contribution >= 4 is 11.6 Å². The molecular weight excluding hydrogens is 217 g/mol. The van der Waals surface area contributed by atoms with Gasteiger partial charge in [0, 0.05) is 11.4 Å². The Labute approximate surface area is 84.1 Å². The molecule has 0 saturated heterocycles. The van der Waals surface area contributed by atoms with Gasteiger partial charge in [-0.1, -0.05) is 29.8 Å². The number of rotatable bonds is 2. The fourth-order valence-corrected chi connectivity index (χ4v) is 1.20. The highest BCUT2D eigenvalue weighted by Gasteiger charge is 2.38. The average molecular weight is 225 g/mol. The summed E-state index contributed by atoms with van der Waals surface area (Å²) in [7, 11) is 0. The van der Waals surface area contributed by atoms with Gasteiger partial charge < -0.3 is 5.11 Å². The number of hydrogen-bond donors (Lipinski definition) is 1. The number of benzene rings is 1. The van der Waals surface area contributed by atoms with Crippen molar-refractivity contribution in [3.05, 3.63) is 34.9 Å². The Morgan fingerprint density at radius 1 is 1.29 bits per heavy atom. The molecule has 0 saturated carbocycles. The fraction of sp³-hybridized carbons (Fsp3) is 0.333. The van der Waals surface area contributed by atoms with Crippen LogP contribution in [0.1, 0.15) is 5.56 Å². The van der Waals surface area contributed by atoms with Gasteiger partial charge in [0.05, 0.1) is 0 Å². The number of aliphatic hydroxyl groups is 1. The summed E-state index contributed by atoms with van der Waals surface area (Å²) in [6, 6.07) is 6.13. The Morgan fingerprint density at radius 3 is 2.36 bits per heavy atom. The molecule has 1 aromatic rings. The van der Waals surface area contributed by atoms with E-state index in [1.807, 2.05) is 0 Å². The van der Waals surface area contributed by atoms with E-state index in [0.717, 1.165) is 0 Å². The highest BCUT2D eigenvalue weighted by Crippen LogP contribution is 2.25. The van der Waals surface area contributed by atoms with Crippen LogP contribution in [0.3, 0.4) is 0 Å². The zero-order chi connectivity index (χ0) is 10.8. The molecule has 0 aromatic heterocycles. The van der Waals surface area contributed by atoms with Gasteiger partial charge >= 0.3 is 6.18 Å².